The number of rotatable bonds is 5. The highest BCUT2D eigenvalue weighted by atomic mass is 32.1. The number of nitrogens with one attached hydrogen (secondary N) is 1. The number of carbonyl (C=O) groups is 1. The van der Waals surface area contributed by atoms with Gasteiger partial charge in [0.1, 0.15) is 0 Å². The molecule has 1 aromatic carbocycles. The number of aryl methyl sites for hydroxylation is 1. The molecule has 1 N–H and O–H groups in total. The molecular formula is C20H23N5OS. The van der Waals surface area contributed by atoms with Crippen molar-refractivity contribution in [1.82, 2.24) is 25.0 Å². The maximum absolute atomic E-state index is 13.4. The predicted octanol–water partition coefficient (Wildman–Crippen LogP) is 3.01. The molecule has 0 aliphatic carbocycles. The van der Waals surface area contributed by atoms with Gasteiger partial charge in [-0.15, -0.1) is 11.3 Å². The number of H-pyrrole nitrogens is 1. The van der Waals surface area contributed by atoms with Crippen LogP contribution in [-0.4, -0.2) is 44.5 Å². The van der Waals surface area contributed by atoms with Crippen LogP contribution in [0.5, 0.6) is 0 Å². The van der Waals surface area contributed by atoms with E-state index < -0.39 is 0 Å². The Balaban J connectivity index is 1.64. The summed E-state index contributed by atoms with van der Waals surface area (Å²) in [5, 5.41) is 7.47. The zero-order valence-corrected chi connectivity index (χ0v) is 16.4. The number of fused-ring (bicyclic) bond motifs is 1. The van der Waals surface area contributed by atoms with Crippen molar-refractivity contribution >= 4 is 17.2 Å². The van der Waals surface area contributed by atoms with Crippen molar-refractivity contribution in [3.8, 4) is 0 Å². The van der Waals surface area contributed by atoms with E-state index in [1.165, 1.54) is 0 Å². The lowest BCUT2D eigenvalue weighted by molar-refractivity contribution is 0.0723. The molecule has 0 saturated carbocycles. The van der Waals surface area contributed by atoms with Gasteiger partial charge in [0, 0.05) is 42.2 Å². The summed E-state index contributed by atoms with van der Waals surface area (Å²) >= 11 is 1.59. The summed E-state index contributed by atoms with van der Waals surface area (Å²) in [6.07, 6.45) is 0.902. The second kappa shape index (κ2) is 7.62. The molecule has 6 nitrogen and oxygen atoms in total. The molecule has 27 heavy (non-hydrogen) atoms. The van der Waals surface area contributed by atoms with E-state index in [1.807, 2.05) is 47.7 Å². The van der Waals surface area contributed by atoms with Gasteiger partial charge in [-0.2, -0.15) is 5.10 Å². The largest absolute Gasteiger partial charge is 0.328 e. The molecule has 1 aliphatic rings. The second-order valence-electron chi connectivity index (χ2n) is 7.02. The second-order valence-corrected chi connectivity index (χ2v) is 7.96. The van der Waals surface area contributed by atoms with Crippen LogP contribution in [0.3, 0.4) is 0 Å². The van der Waals surface area contributed by atoms with Gasteiger partial charge in [-0.05, 0) is 19.5 Å². The number of amides is 1. The molecular weight excluding hydrogens is 358 g/mol. The maximum atomic E-state index is 13.4. The van der Waals surface area contributed by atoms with Crippen LogP contribution in [0.15, 0.2) is 35.8 Å². The van der Waals surface area contributed by atoms with Gasteiger partial charge in [0.2, 0.25) is 0 Å². The molecule has 2 aromatic heterocycles. The van der Waals surface area contributed by atoms with Crippen LogP contribution in [0.2, 0.25) is 0 Å². The fourth-order valence-electron chi connectivity index (χ4n) is 3.41. The Hall–Kier alpha value is -2.51. The zero-order chi connectivity index (χ0) is 18.8. The Bertz CT molecular complexity index is 933. The van der Waals surface area contributed by atoms with E-state index in [0.29, 0.717) is 18.8 Å². The predicted molar refractivity (Wildman–Crippen MR) is 105 cm³/mol. The minimum absolute atomic E-state index is 0.0283. The van der Waals surface area contributed by atoms with E-state index in [0.717, 1.165) is 46.9 Å². The molecule has 0 spiro atoms. The van der Waals surface area contributed by atoms with Crippen LogP contribution < -0.4 is 0 Å². The Labute approximate surface area is 162 Å². The number of nitrogens with zero attached hydrogens (tertiary/aromatic N) is 4. The molecule has 0 saturated heterocycles. The van der Waals surface area contributed by atoms with Crippen molar-refractivity contribution in [2.75, 3.05) is 13.6 Å². The minimum atomic E-state index is -0.0283. The molecule has 1 amide bonds. The van der Waals surface area contributed by atoms with Gasteiger partial charge >= 0.3 is 0 Å². The number of benzene rings is 1. The van der Waals surface area contributed by atoms with Crippen molar-refractivity contribution in [3.63, 3.8) is 0 Å². The summed E-state index contributed by atoms with van der Waals surface area (Å²) in [6.45, 7) is 4.82. The van der Waals surface area contributed by atoms with Crippen LogP contribution >= 0.6 is 11.3 Å². The third-order valence-electron chi connectivity index (χ3n) is 5.01. The first kappa shape index (κ1) is 17.9. The van der Waals surface area contributed by atoms with Crippen LogP contribution in [-0.2, 0) is 26.1 Å². The Morgan fingerprint density at radius 1 is 1.30 bits per heavy atom. The van der Waals surface area contributed by atoms with Crippen molar-refractivity contribution in [1.29, 1.82) is 0 Å². The summed E-state index contributed by atoms with van der Waals surface area (Å²) in [6, 6.07) is 10.1. The zero-order valence-electron chi connectivity index (χ0n) is 15.6. The van der Waals surface area contributed by atoms with Gasteiger partial charge in [-0.3, -0.25) is 9.89 Å². The summed E-state index contributed by atoms with van der Waals surface area (Å²) in [7, 11) is 2.08. The van der Waals surface area contributed by atoms with E-state index >= 15 is 0 Å². The summed E-state index contributed by atoms with van der Waals surface area (Å²) < 4.78 is 0. The van der Waals surface area contributed by atoms with E-state index in [1.54, 1.807) is 11.3 Å². The van der Waals surface area contributed by atoms with Crippen molar-refractivity contribution < 1.29 is 4.79 Å². The fourth-order valence-corrected chi connectivity index (χ4v) is 4.20. The first-order valence-electron chi connectivity index (χ1n) is 9.08. The van der Waals surface area contributed by atoms with Crippen LogP contribution in [0.25, 0.3) is 0 Å². The maximum Gasteiger partial charge on any atom is 0.275 e. The molecule has 1 aliphatic heterocycles. The number of hydrogen-bond donors (Lipinski definition) is 1. The molecule has 0 bridgehead atoms. The summed E-state index contributed by atoms with van der Waals surface area (Å²) in [5.41, 5.74) is 6.60. The van der Waals surface area contributed by atoms with Crippen LogP contribution in [0.4, 0.5) is 0 Å². The molecule has 4 rings (SSSR count). The first-order valence-corrected chi connectivity index (χ1v) is 9.96. The highest BCUT2D eigenvalue weighted by Gasteiger charge is 2.27. The average molecular weight is 382 g/mol. The molecule has 140 valence electrons. The van der Waals surface area contributed by atoms with E-state index in [9.17, 15) is 4.79 Å². The number of carbonyl (C=O) groups excluding carboxylic acids is 1. The van der Waals surface area contributed by atoms with Gasteiger partial charge in [-0.25, -0.2) is 4.98 Å². The molecule has 0 radical (unpaired) electrons. The Morgan fingerprint density at radius 2 is 2.11 bits per heavy atom. The standard InChI is InChI=1S/C20H23N5OS/c1-14-18(27-13-21-14)12-25(10-15-6-4-3-5-7-15)20(26)19-16-11-24(2)9-8-17(16)22-23-19/h3-7,13H,8-12H2,1-2H3,(H,22,23). The topological polar surface area (TPSA) is 65.1 Å². The highest BCUT2D eigenvalue weighted by molar-refractivity contribution is 7.09. The summed E-state index contributed by atoms with van der Waals surface area (Å²) in [5.74, 6) is -0.0283. The third kappa shape index (κ3) is 3.79. The minimum Gasteiger partial charge on any atom is -0.328 e. The van der Waals surface area contributed by atoms with Crippen molar-refractivity contribution in [3.05, 3.63) is 68.9 Å². The SMILES string of the molecule is Cc1ncsc1CN(Cc1ccccc1)C(=O)c1n[nH]c2c1CN(C)CC2. The van der Waals surface area contributed by atoms with Crippen molar-refractivity contribution in [2.45, 2.75) is 33.0 Å². The first-order chi connectivity index (χ1) is 13.1. The lowest BCUT2D eigenvalue weighted by Crippen LogP contribution is -2.33. The van der Waals surface area contributed by atoms with Gasteiger partial charge in [0.25, 0.3) is 5.91 Å². The number of aromatic amines is 1. The fraction of sp³-hybridized carbons (Fsp3) is 0.350. The molecule has 3 heterocycles. The summed E-state index contributed by atoms with van der Waals surface area (Å²) in [4.78, 5) is 23.0. The molecule has 3 aromatic rings. The van der Waals surface area contributed by atoms with E-state index in [2.05, 4.69) is 27.1 Å². The van der Waals surface area contributed by atoms with Crippen LogP contribution in [0, 0.1) is 6.92 Å². The Kier molecular flexibility index (Phi) is 5.05. The normalized spacial score (nSPS) is 14.1. The lowest BCUT2D eigenvalue weighted by atomic mass is 10.0. The molecule has 7 heteroatoms. The van der Waals surface area contributed by atoms with E-state index in [4.69, 9.17) is 0 Å². The number of likely N-dealkylation sites (N-methyl/N-ethyl adjacent to an activating group) is 1. The molecule has 0 fully saturated rings. The van der Waals surface area contributed by atoms with Crippen LogP contribution in [0.1, 0.15) is 37.9 Å². The van der Waals surface area contributed by atoms with Gasteiger partial charge in [0.05, 0.1) is 17.7 Å². The van der Waals surface area contributed by atoms with Gasteiger partial charge in [-0.1, -0.05) is 30.3 Å². The monoisotopic (exact) mass is 381 g/mol. The van der Waals surface area contributed by atoms with Gasteiger partial charge < -0.3 is 9.80 Å². The van der Waals surface area contributed by atoms with E-state index in [-0.39, 0.29) is 5.91 Å². The quantitative estimate of drug-likeness (QED) is 0.738. The van der Waals surface area contributed by atoms with Crippen molar-refractivity contribution in [2.24, 2.45) is 0 Å². The third-order valence-corrected chi connectivity index (χ3v) is 5.93. The lowest BCUT2D eigenvalue weighted by Gasteiger charge is -2.25. The number of aromatic nitrogens is 3. The number of hydrogen-bond acceptors (Lipinski definition) is 5. The Morgan fingerprint density at radius 3 is 2.85 bits per heavy atom. The average Bonchev–Trinajstić information content (AvgIpc) is 3.27. The smallest absolute Gasteiger partial charge is 0.275 e. The highest BCUT2D eigenvalue weighted by Crippen LogP contribution is 2.23. The molecule has 0 atom stereocenters. The van der Waals surface area contributed by atoms with Gasteiger partial charge in [0.15, 0.2) is 5.69 Å². The number of thiazole rings is 1. The molecule has 0 unspecified atom stereocenters.